The van der Waals surface area contributed by atoms with Crippen LogP contribution in [-0.2, 0) is 6.67 Å². The van der Waals surface area contributed by atoms with Gasteiger partial charge in [-0.05, 0) is 30.7 Å². The lowest BCUT2D eigenvalue weighted by Crippen LogP contribution is -2.18. The number of nitrogens with zero attached hydrogens (tertiary/aromatic N) is 1. The molecule has 0 radical (unpaired) electrons. The van der Waals surface area contributed by atoms with Crippen LogP contribution >= 0.6 is 0 Å². The second kappa shape index (κ2) is 4.96. The summed E-state index contributed by atoms with van der Waals surface area (Å²) in [5.74, 6) is -0.120. The molecule has 0 spiro atoms. The van der Waals surface area contributed by atoms with Gasteiger partial charge in [0.15, 0.2) is 5.78 Å². The fraction of sp³-hybridized carbons (Fsp3) is 0.143. The molecule has 0 amide bonds. The Morgan fingerprint density at radius 1 is 1.28 bits per heavy atom. The number of aromatic nitrogens is 1. The third-order valence-electron chi connectivity index (χ3n) is 2.66. The van der Waals surface area contributed by atoms with Crippen LogP contribution in [0.5, 0.6) is 0 Å². The summed E-state index contributed by atoms with van der Waals surface area (Å²) < 4.78 is 13.9. The highest BCUT2D eigenvalue weighted by Crippen LogP contribution is 2.11. The minimum Gasteiger partial charge on any atom is -0.294 e. The summed E-state index contributed by atoms with van der Waals surface area (Å²) in [7, 11) is 0. The van der Waals surface area contributed by atoms with E-state index in [1.165, 1.54) is 29.8 Å². The van der Waals surface area contributed by atoms with Gasteiger partial charge in [-0.2, -0.15) is 0 Å². The summed E-state index contributed by atoms with van der Waals surface area (Å²) in [6.45, 7) is 0.844. The summed E-state index contributed by atoms with van der Waals surface area (Å²) in [5.41, 5.74) is 1.24. The molecule has 0 saturated heterocycles. The molecule has 0 N–H and O–H groups in total. The molecule has 0 unspecified atom stereocenters. The lowest BCUT2D eigenvalue weighted by molar-refractivity contribution is 0.101. The Kier molecular flexibility index (Phi) is 3.37. The van der Waals surface area contributed by atoms with Crippen molar-refractivity contribution in [2.75, 3.05) is 0 Å². The van der Waals surface area contributed by atoms with E-state index in [0.29, 0.717) is 16.8 Å². The molecule has 0 saturated carbocycles. The molecule has 2 rings (SSSR count). The van der Waals surface area contributed by atoms with Crippen molar-refractivity contribution in [3.8, 4) is 5.69 Å². The average Bonchev–Trinajstić information content (AvgIpc) is 2.39. The molecule has 0 bridgehead atoms. The zero-order valence-electron chi connectivity index (χ0n) is 9.89. The second-order valence-electron chi connectivity index (χ2n) is 3.99. The van der Waals surface area contributed by atoms with E-state index in [1.807, 2.05) is 0 Å². The van der Waals surface area contributed by atoms with Crippen molar-refractivity contribution in [1.29, 1.82) is 0 Å². The number of halogens is 1. The normalized spacial score (nSPS) is 10.3. The molecular formula is C14H12FNO2. The van der Waals surface area contributed by atoms with E-state index in [-0.39, 0.29) is 11.3 Å². The maximum absolute atomic E-state index is 12.6. The van der Waals surface area contributed by atoms with E-state index >= 15 is 0 Å². The first-order chi connectivity index (χ1) is 8.61. The van der Waals surface area contributed by atoms with Crippen molar-refractivity contribution in [3.63, 3.8) is 0 Å². The Morgan fingerprint density at radius 3 is 2.72 bits per heavy atom. The molecule has 2 aromatic rings. The molecule has 1 heterocycles. The number of pyridine rings is 1. The fourth-order valence-electron chi connectivity index (χ4n) is 1.69. The number of hydrogen-bond acceptors (Lipinski definition) is 2. The van der Waals surface area contributed by atoms with Crippen molar-refractivity contribution in [2.24, 2.45) is 0 Å². The number of Topliss-reactive ketones (excluding diaryl/α,β-unsaturated/α-hetero) is 1. The summed E-state index contributed by atoms with van der Waals surface area (Å²) in [6.07, 6.45) is 1.47. The van der Waals surface area contributed by atoms with Crippen LogP contribution in [0.3, 0.4) is 0 Å². The van der Waals surface area contributed by atoms with Crippen molar-refractivity contribution < 1.29 is 9.18 Å². The maximum atomic E-state index is 12.6. The zero-order chi connectivity index (χ0) is 13.1. The van der Waals surface area contributed by atoms with Crippen molar-refractivity contribution >= 4 is 5.78 Å². The highest BCUT2D eigenvalue weighted by molar-refractivity contribution is 5.93. The minimum atomic E-state index is -0.588. The van der Waals surface area contributed by atoms with Gasteiger partial charge < -0.3 is 0 Å². The van der Waals surface area contributed by atoms with E-state index in [4.69, 9.17) is 0 Å². The largest absolute Gasteiger partial charge is 0.294 e. The highest BCUT2D eigenvalue weighted by atomic mass is 19.1. The predicted molar refractivity (Wildman–Crippen MR) is 66.9 cm³/mol. The van der Waals surface area contributed by atoms with Gasteiger partial charge in [0.1, 0.15) is 6.67 Å². The molecule has 0 aliphatic heterocycles. The molecule has 0 aliphatic rings. The van der Waals surface area contributed by atoms with Crippen LogP contribution in [0.15, 0.2) is 47.4 Å². The summed E-state index contributed by atoms with van der Waals surface area (Å²) in [5, 5.41) is 0. The van der Waals surface area contributed by atoms with Crippen molar-refractivity contribution in [2.45, 2.75) is 13.6 Å². The van der Waals surface area contributed by atoms with Crippen LogP contribution in [0, 0.1) is 0 Å². The van der Waals surface area contributed by atoms with Gasteiger partial charge in [-0.3, -0.25) is 14.2 Å². The Bertz CT molecular complexity index is 646. The quantitative estimate of drug-likeness (QED) is 0.779. The number of benzene rings is 1. The predicted octanol–water partition coefficient (Wildman–Crippen LogP) is 2.51. The summed E-state index contributed by atoms with van der Waals surface area (Å²) in [6, 6.07) is 9.43. The Morgan fingerprint density at radius 2 is 2.06 bits per heavy atom. The van der Waals surface area contributed by atoms with Crippen molar-refractivity contribution in [3.05, 3.63) is 64.1 Å². The Hall–Kier alpha value is -2.23. The average molecular weight is 245 g/mol. The molecule has 4 heteroatoms. The first-order valence-corrected chi connectivity index (χ1v) is 5.51. The number of hydrogen-bond donors (Lipinski definition) is 0. The third-order valence-corrected chi connectivity index (χ3v) is 2.66. The SMILES string of the molecule is CC(=O)c1ccc(=O)n(-c2cccc(CF)c2)c1. The lowest BCUT2D eigenvalue weighted by atomic mass is 10.2. The number of carbonyl (C=O) groups excluding carboxylic acids is 1. The summed E-state index contributed by atoms with van der Waals surface area (Å²) in [4.78, 5) is 23.0. The highest BCUT2D eigenvalue weighted by Gasteiger charge is 2.05. The molecule has 18 heavy (non-hydrogen) atoms. The van der Waals surface area contributed by atoms with Gasteiger partial charge in [0, 0.05) is 23.5 Å². The van der Waals surface area contributed by atoms with E-state index in [1.54, 1.807) is 24.3 Å². The van der Waals surface area contributed by atoms with Gasteiger partial charge in [0.25, 0.3) is 5.56 Å². The Balaban J connectivity index is 2.58. The molecule has 1 aromatic heterocycles. The van der Waals surface area contributed by atoms with E-state index in [0.717, 1.165) is 0 Å². The molecule has 3 nitrogen and oxygen atoms in total. The van der Waals surface area contributed by atoms with Crippen LogP contribution in [0.2, 0.25) is 0 Å². The minimum absolute atomic E-state index is 0.120. The van der Waals surface area contributed by atoms with Gasteiger partial charge in [0.2, 0.25) is 0 Å². The topological polar surface area (TPSA) is 39.1 Å². The van der Waals surface area contributed by atoms with Gasteiger partial charge in [-0.25, -0.2) is 4.39 Å². The molecular weight excluding hydrogens is 233 g/mol. The van der Waals surface area contributed by atoms with Crippen LogP contribution in [-0.4, -0.2) is 10.4 Å². The van der Waals surface area contributed by atoms with E-state index in [2.05, 4.69) is 0 Å². The smallest absolute Gasteiger partial charge is 0.255 e. The van der Waals surface area contributed by atoms with Crippen molar-refractivity contribution in [1.82, 2.24) is 4.57 Å². The lowest BCUT2D eigenvalue weighted by Gasteiger charge is -2.07. The zero-order valence-corrected chi connectivity index (χ0v) is 9.89. The monoisotopic (exact) mass is 245 g/mol. The standard InChI is InChI=1S/C14H12FNO2/c1-10(17)12-5-6-14(18)16(9-12)13-4-2-3-11(7-13)8-15/h2-7,9H,8H2,1H3. The second-order valence-corrected chi connectivity index (χ2v) is 3.99. The molecule has 0 aliphatic carbocycles. The fourth-order valence-corrected chi connectivity index (χ4v) is 1.69. The van der Waals surface area contributed by atoms with E-state index in [9.17, 15) is 14.0 Å². The van der Waals surface area contributed by atoms with Gasteiger partial charge in [-0.1, -0.05) is 12.1 Å². The van der Waals surface area contributed by atoms with Crippen LogP contribution in [0.4, 0.5) is 4.39 Å². The van der Waals surface area contributed by atoms with Crippen LogP contribution in [0.25, 0.3) is 5.69 Å². The molecule has 0 atom stereocenters. The summed E-state index contributed by atoms with van der Waals surface area (Å²) >= 11 is 0. The third kappa shape index (κ3) is 2.37. The van der Waals surface area contributed by atoms with Gasteiger partial charge in [0.05, 0.1) is 0 Å². The molecule has 0 fully saturated rings. The number of ketones is 1. The molecule has 92 valence electrons. The Labute approximate surface area is 104 Å². The first-order valence-electron chi connectivity index (χ1n) is 5.51. The number of rotatable bonds is 3. The van der Waals surface area contributed by atoms with Gasteiger partial charge >= 0.3 is 0 Å². The first kappa shape index (κ1) is 12.2. The van der Waals surface area contributed by atoms with Crippen LogP contribution in [0.1, 0.15) is 22.8 Å². The number of alkyl halides is 1. The molecule has 1 aromatic carbocycles. The van der Waals surface area contributed by atoms with E-state index < -0.39 is 6.67 Å². The number of carbonyl (C=O) groups is 1. The van der Waals surface area contributed by atoms with Crippen LogP contribution < -0.4 is 5.56 Å². The maximum Gasteiger partial charge on any atom is 0.255 e. The van der Waals surface area contributed by atoms with Gasteiger partial charge in [-0.15, -0.1) is 0 Å².